The second-order valence-corrected chi connectivity index (χ2v) is 5.69. The van der Waals surface area contributed by atoms with E-state index in [1.54, 1.807) is 30.5 Å². The molecule has 0 aliphatic carbocycles. The van der Waals surface area contributed by atoms with Gasteiger partial charge in [0.15, 0.2) is 9.84 Å². The minimum atomic E-state index is -3.20. The van der Waals surface area contributed by atoms with Crippen molar-refractivity contribution in [3.8, 4) is 5.69 Å². The zero-order valence-corrected chi connectivity index (χ0v) is 10.0. The van der Waals surface area contributed by atoms with Crippen molar-refractivity contribution in [3.63, 3.8) is 0 Å². The summed E-state index contributed by atoms with van der Waals surface area (Å²) in [5.74, 6) is 0. The number of nitrogens with zero attached hydrogens (tertiary/aromatic N) is 1. The summed E-state index contributed by atoms with van der Waals surface area (Å²) in [6.45, 7) is 0. The SMILES string of the molecule is CS(=O)(=O)c1ccc(-n2ccccc2=O)cc1. The van der Waals surface area contributed by atoms with Gasteiger partial charge in [-0.05, 0) is 30.3 Å². The molecule has 0 saturated heterocycles. The average Bonchev–Trinajstić information content (AvgIpc) is 2.29. The zero-order chi connectivity index (χ0) is 12.5. The Morgan fingerprint density at radius 2 is 1.65 bits per heavy atom. The Bertz CT molecular complexity index is 684. The van der Waals surface area contributed by atoms with Crippen LogP contribution < -0.4 is 5.56 Å². The molecular weight excluding hydrogens is 238 g/mol. The van der Waals surface area contributed by atoms with Gasteiger partial charge in [0.2, 0.25) is 0 Å². The van der Waals surface area contributed by atoms with E-state index in [2.05, 4.69) is 0 Å². The molecule has 4 nitrogen and oxygen atoms in total. The molecule has 0 aliphatic rings. The van der Waals surface area contributed by atoms with Crippen molar-refractivity contribution < 1.29 is 8.42 Å². The lowest BCUT2D eigenvalue weighted by Crippen LogP contribution is -2.15. The monoisotopic (exact) mass is 249 g/mol. The van der Waals surface area contributed by atoms with E-state index in [1.165, 1.54) is 22.8 Å². The average molecular weight is 249 g/mol. The Kier molecular flexibility index (Phi) is 2.85. The van der Waals surface area contributed by atoms with Gasteiger partial charge in [-0.3, -0.25) is 9.36 Å². The van der Waals surface area contributed by atoms with Gasteiger partial charge in [-0.1, -0.05) is 6.07 Å². The van der Waals surface area contributed by atoms with Crippen LogP contribution >= 0.6 is 0 Å². The Balaban J connectivity index is 2.51. The summed E-state index contributed by atoms with van der Waals surface area (Å²) < 4.78 is 24.0. The molecule has 0 unspecified atom stereocenters. The molecule has 0 fully saturated rings. The first-order chi connectivity index (χ1) is 7.98. The molecule has 5 heteroatoms. The van der Waals surface area contributed by atoms with E-state index >= 15 is 0 Å². The van der Waals surface area contributed by atoms with Crippen LogP contribution in [0, 0.1) is 0 Å². The molecule has 2 aromatic rings. The zero-order valence-electron chi connectivity index (χ0n) is 9.20. The van der Waals surface area contributed by atoms with Crippen LogP contribution in [-0.4, -0.2) is 19.2 Å². The highest BCUT2D eigenvalue weighted by Gasteiger charge is 2.06. The van der Waals surface area contributed by atoms with Gasteiger partial charge >= 0.3 is 0 Å². The Morgan fingerprint density at radius 3 is 2.18 bits per heavy atom. The van der Waals surface area contributed by atoms with Crippen LogP contribution in [0.2, 0.25) is 0 Å². The molecule has 0 amide bonds. The van der Waals surface area contributed by atoms with E-state index in [1.807, 2.05) is 0 Å². The highest BCUT2D eigenvalue weighted by Crippen LogP contribution is 2.12. The molecule has 17 heavy (non-hydrogen) atoms. The maximum atomic E-state index is 11.5. The summed E-state index contributed by atoms with van der Waals surface area (Å²) in [6, 6.07) is 11.0. The fourth-order valence-corrected chi connectivity index (χ4v) is 2.13. The molecule has 0 saturated carbocycles. The lowest BCUT2D eigenvalue weighted by molar-refractivity contribution is 0.602. The third-order valence-electron chi connectivity index (χ3n) is 2.37. The van der Waals surface area contributed by atoms with Crippen LogP contribution in [0.3, 0.4) is 0 Å². The number of pyridine rings is 1. The van der Waals surface area contributed by atoms with Crippen LogP contribution in [0.25, 0.3) is 5.69 Å². The van der Waals surface area contributed by atoms with Crippen LogP contribution in [0.1, 0.15) is 0 Å². The molecule has 0 bridgehead atoms. The first-order valence-corrected chi connectivity index (χ1v) is 6.86. The highest BCUT2D eigenvalue weighted by atomic mass is 32.2. The number of aromatic nitrogens is 1. The Hall–Kier alpha value is -1.88. The summed E-state index contributed by atoms with van der Waals surface area (Å²) >= 11 is 0. The molecule has 0 atom stereocenters. The maximum Gasteiger partial charge on any atom is 0.255 e. The van der Waals surface area contributed by atoms with E-state index in [-0.39, 0.29) is 10.5 Å². The molecule has 2 rings (SSSR count). The van der Waals surface area contributed by atoms with Crippen LogP contribution in [-0.2, 0) is 9.84 Å². The lowest BCUT2D eigenvalue weighted by Gasteiger charge is -2.05. The molecule has 1 aromatic carbocycles. The van der Waals surface area contributed by atoms with Gasteiger partial charge in [0, 0.05) is 24.2 Å². The summed E-state index contributed by atoms with van der Waals surface area (Å²) in [6.07, 6.45) is 2.79. The summed E-state index contributed by atoms with van der Waals surface area (Å²) in [5, 5.41) is 0. The van der Waals surface area contributed by atoms with Crippen molar-refractivity contribution >= 4 is 9.84 Å². The standard InChI is InChI=1S/C12H11NO3S/c1-17(15,16)11-7-5-10(6-8-11)13-9-3-2-4-12(13)14/h2-9H,1H3. The molecule has 0 spiro atoms. The number of rotatable bonds is 2. The summed E-state index contributed by atoms with van der Waals surface area (Å²) in [5.41, 5.74) is 0.489. The van der Waals surface area contributed by atoms with Gasteiger partial charge in [0.1, 0.15) is 0 Å². The van der Waals surface area contributed by atoms with E-state index in [0.29, 0.717) is 5.69 Å². The normalized spacial score (nSPS) is 11.4. The van der Waals surface area contributed by atoms with Gasteiger partial charge in [-0.15, -0.1) is 0 Å². The molecule has 1 aromatic heterocycles. The smallest absolute Gasteiger partial charge is 0.255 e. The molecule has 88 valence electrons. The van der Waals surface area contributed by atoms with Crippen LogP contribution in [0.4, 0.5) is 0 Å². The third-order valence-corrected chi connectivity index (χ3v) is 3.49. The summed E-state index contributed by atoms with van der Waals surface area (Å²) in [4.78, 5) is 11.8. The van der Waals surface area contributed by atoms with Gasteiger partial charge in [0.05, 0.1) is 4.90 Å². The lowest BCUT2D eigenvalue weighted by atomic mass is 10.3. The van der Waals surface area contributed by atoms with Crippen molar-refractivity contribution in [2.75, 3.05) is 6.26 Å². The van der Waals surface area contributed by atoms with Gasteiger partial charge in [0.25, 0.3) is 5.56 Å². The first-order valence-electron chi connectivity index (χ1n) is 4.97. The second-order valence-electron chi connectivity index (χ2n) is 3.67. The minimum absolute atomic E-state index is 0.153. The number of hydrogen-bond donors (Lipinski definition) is 0. The fourth-order valence-electron chi connectivity index (χ4n) is 1.49. The van der Waals surface area contributed by atoms with Crippen molar-refractivity contribution in [1.29, 1.82) is 0 Å². The predicted molar refractivity (Wildman–Crippen MR) is 65.1 cm³/mol. The quantitative estimate of drug-likeness (QED) is 0.804. The van der Waals surface area contributed by atoms with Crippen molar-refractivity contribution in [2.45, 2.75) is 4.90 Å². The molecule has 0 radical (unpaired) electrons. The van der Waals surface area contributed by atoms with E-state index in [0.717, 1.165) is 6.26 Å². The molecule has 0 aliphatic heterocycles. The molecular formula is C12H11NO3S. The number of hydrogen-bond acceptors (Lipinski definition) is 3. The van der Waals surface area contributed by atoms with Gasteiger partial charge < -0.3 is 0 Å². The van der Waals surface area contributed by atoms with Crippen LogP contribution in [0.5, 0.6) is 0 Å². The first kappa shape index (κ1) is 11.6. The third kappa shape index (κ3) is 2.45. The molecule has 0 N–H and O–H groups in total. The minimum Gasteiger partial charge on any atom is -0.284 e. The second kappa shape index (κ2) is 4.18. The van der Waals surface area contributed by atoms with Gasteiger partial charge in [-0.25, -0.2) is 8.42 Å². The maximum absolute atomic E-state index is 11.5. The predicted octanol–water partition coefficient (Wildman–Crippen LogP) is 1.24. The Morgan fingerprint density at radius 1 is 1.00 bits per heavy atom. The van der Waals surface area contributed by atoms with Gasteiger partial charge in [-0.2, -0.15) is 0 Å². The van der Waals surface area contributed by atoms with Crippen molar-refractivity contribution in [2.24, 2.45) is 0 Å². The number of benzene rings is 1. The van der Waals surface area contributed by atoms with Crippen LogP contribution in [0.15, 0.2) is 58.4 Å². The largest absolute Gasteiger partial charge is 0.284 e. The topological polar surface area (TPSA) is 56.1 Å². The highest BCUT2D eigenvalue weighted by molar-refractivity contribution is 7.90. The van der Waals surface area contributed by atoms with E-state index in [4.69, 9.17) is 0 Å². The molecule has 1 heterocycles. The van der Waals surface area contributed by atoms with Crippen molar-refractivity contribution in [3.05, 3.63) is 59.0 Å². The van der Waals surface area contributed by atoms with Crippen molar-refractivity contribution in [1.82, 2.24) is 4.57 Å². The fraction of sp³-hybridized carbons (Fsp3) is 0.0833. The number of sulfone groups is 1. The summed E-state index contributed by atoms with van der Waals surface area (Å²) in [7, 11) is -3.20. The van der Waals surface area contributed by atoms with E-state index < -0.39 is 9.84 Å². The van der Waals surface area contributed by atoms with E-state index in [9.17, 15) is 13.2 Å². The Labute approximate surface area is 99.1 Å².